The fraction of sp³-hybridized carbons (Fsp3) is 0.571. The minimum atomic E-state index is -0.746. The van der Waals surface area contributed by atoms with Crippen molar-refractivity contribution in [3.8, 4) is 0 Å². The largest absolute Gasteiger partial charge is 0.805 e. The zero-order valence-corrected chi connectivity index (χ0v) is 18.4. The minimum absolute atomic E-state index is 0.0212. The number of anilines is 1. The normalized spacial score (nSPS) is 17.0. The standard InChI is InChI=1S/C21H30FN5O4/c1-5-13(2)16(12-28)23-21(29)20-14(3)26(30)18-10-15(22)17(11-19(18)27(20)31)25-8-6-24(4)7-9-25/h10-11,13,16,28H,5-9,12H2,1-4H3,(H,23,29). The van der Waals surface area contributed by atoms with Crippen LogP contribution in [-0.2, 0) is 0 Å². The summed E-state index contributed by atoms with van der Waals surface area (Å²) in [6.07, 6.45) is 0.717. The molecule has 1 amide bonds. The number of piperazine rings is 1. The SMILES string of the molecule is CCC(C)C(CO)NC(=O)c1c(C)n([O-])c2cc(F)c(N3CCN(C)CC3)cc2[n+]1=O. The molecule has 2 unspecified atom stereocenters. The number of hydrogen-bond acceptors (Lipinski definition) is 6. The molecule has 1 aromatic carbocycles. The number of aliphatic hydroxyl groups excluding tert-OH is 1. The smallest absolute Gasteiger partial charge is 0.346 e. The number of halogens is 1. The van der Waals surface area contributed by atoms with Gasteiger partial charge in [-0.15, -0.1) is 0 Å². The first kappa shape index (κ1) is 23.0. The number of nitrogens with zero attached hydrogens (tertiary/aromatic N) is 4. The van der Waals surface area contributed by atoms with Crippen LogP contribution in [0.5, 0.6) is 0 Å². The summed E-state index contributed by atoms with van der Waals surface area (Å²) in [5.41, 5.74) is -0.480. The van der Waals surface area contributed by atoms with Gasteiger partial charge in [0.05, 0.1) is 28.5 Å². The van der Waals surface area contributed by atoms with Crippen LogP contribution in [0.4, 0.5) is 10.1 Å². The van der Waals surface area contributed by atoms with Gasteiger partial charge in [-0.2, -0.15) is 0 Å². The third kappa shape index (κ3) is 4.35. The molecule has 1 aliphatic heterocycles. The Morgan fingerprint density at radius 3 is 2.55 bits per heavy atom. The van der Waals surface area contributed by atoms with Gasteiger partial charge in [-0.1, -0.05) is 20.3 Å². The third-order valence-electron chi connectivity index (χ3n) is 6.24. The molecule has 0 saturated carbocycles. The van der Waals surface area contributed by atoms with E-state index < -0.39 is 17.8 Å². The molecule has 31 heavy (non-hydrogen) atoms. The number of hydrogen-bond donors (Lipinski definition) is 2. The minimum Gasteiger partial charge on any atom is -0.805 e. The van der Waals surface area contributed by atoms with Crippen molar-refractivity contribution >= 4 is 22.6 Å². The second-order valence-electron chi connectivity index (χ2n) is 8.25. The van der Waals surface area contributed by atoms with Crippen LogP contribution >= 0.6 is 0 Å². The van der Waals surface area contributed by atoms with E-state index in [4.69, 9.17) is 0 Å². The Kier molecular flexibility index (Phi) is 6.80. The number of amides is 1. The molecule has 0 aliphatic carbocycles. The van der Waals surface area contributed by atoms with E-state index in [-0.39, 0.29) is 40.6 Å². The van der Waals surface area contributed by atoms with Crippen LogP contribution < -0.4 is 14.6 Å². The fourth-order valence-electron chi connectivity index (χ4n) is 3.85. The molecule has 1 fully saturated rings. The molecule has 3 rings (SSSR count). The zero-order valence-electron chi connectivity index (χ0n) is 18.4. The molecule has 10 heteroatoms. The Bertz CT molecular complexity index is 1030. The monoisotopic (exact) mass is 435 g/mol. The van der Waals surface area contributed by atoms with E-state index in [1.165, 1.54) is 13.0 Å². The van der Waals surface area contributed by atoms with E-state index in [0.29, 0.717) is 22.2 Å². The number of fused-ring (bicyclic) bond motifs is 1. The topological polar surface area (TPSA) is 107 Å². The molecule has 9 nitrogen and oxygen atoms in total. The lowest BCUT2D eigenvalue weighted by atomic mass is 10.00. The van der Waals surface area contributed by atoms with Gasteiger partial charge in [-0.3, -0.25) is 4.79 Å². The van der Waals surface area contributed by atoms with Crippen LogP contribution in [0.2, 0.25) is 0 Å². The molecule has 2 N–H and O–H groups in total. The molecule has 0 bridgehead atoms. The maximum Gasteiger partial charge on any atom is 0.346 e. The lowest BCUT2D eigenvalue weighted by molar-refractivity contribution is -0.468. The predicted molar refractivity (Wildman–Crippen MR) is 116 cm³/mol. The molecule has 1 aromatic heterocycles. The fourth-order valence-corrected chi connectivity index (χ4v) is 3.85. The first-order valence-electron chi connectivity index (χ1n) is 10.5. The van der Waals surface area contributed by atoms with Crippen LogP contribution in [0.25, 0.3) is 11.0 Å². The van der Waals surface area contributed by atoms with Gasteiger partial charge in [-0.05, 0) is 19.9 Å². The quantitative estimate of drug-likeness (QED) is 0.661. The highest BCUT2D eigenvalue weighted by Gasteiger charge is 2.31. The van der Waals surface area contributed by atoms with Gasteiger partial charge in [0.2, 0.25) is 0 Å². The van der Waals surface area contributed by atoms with Crippen molar-refractivity contribution < 1.29 is 18.7 Å². The predicted octanol–water partition coefficient (Wildman–Crippen LogP) is 1.24. The highest BCUT2D eigenvalue weighted by Crippen LogP contribution is 2.26. The Balaban J connectivity index is 2.08. The van der Waals surface area contributed by atoms with Crippen molar-refractivity contribution in [3.05, 3.63) is 39.5 Å². The first-order valence-corrected chi connectivity index (χ1v) is 10.5. The highest BCUT2D eigenvalue weighted by atomic mass is 19.1. The summed E-state index contributed by atoms with van der Waals surface area (Å²) in [6.45, 7) is 7.52. The summed E-state index contributed by atoms with van der Waals surface area (Å²) in [5.74, 6) is -1.36. The van der Waals surface area contributed by atoms with Crippen molar-refractivity contribution in [3.63, 3.8) is 0 Å². The Labute approximate surface area is 180 Å². The maximum atomic E-state index is 14.8. The molecule has 170 valence electrons. The molecule has 1 saturated heterocycles. The second-order valence-corrected chi connectivity index (χ2v) is 8.25. The Morgan fingerprint density at radius 1 is 1.32 bits per heavy atom. The highest BCUT2D eigenvalue weighted by molar-refractivity contribution is 5.93. The van der Waals surface area contributed by atoms with Crippen LogP contribution in [0.15, 0.2) is 12.1 Å². The van der Waals surface area contributed by atoms with Crippen molar-refractivity contribution in [2.45, 2.75) is 33.2 Å². The van der Waals surface area contributed by atoms with E-state index in [9.17, 15) is 24.4 Å². The van der Waals surface area contributed by atoms with Crippen LogP contribution in [0.3, 0.4) is 0 Å². The van der Waals surface area contributed by atoms with Gasteiger partial charge in [0, 0.05) is 43.2 Å². The molecular formula is C21H30FN5O4. The average Bonchev–Trinajstić information content (AvgIpc) is 2.76. The van der Waals surface area contributed by atoms with Crippen LogP contribution in [0.1, 0.15) is 36.5 Å². The van der Waals surface area contributed by atoms with Gasteiger partial charge in [0.25, 0.3) is 5.52 Å². The molecule has 0 radical (unpaired) electrons. The number of benzene rings is 1. The van der Waals surface area contributed by atoms with Gasteiger partial charge in [0.15, 0.2) is 0 Å². The number of aliphatic hydroxyl groups is 1. The van der Waals surface area contributed by atoms with Gasteiger partial charge >= 0.3 is 11.6 Å². The van der Waals surface area contributed by atoms with Gasteiger partial charge < -0.3 is 30.2 Å². The number of carbonyl (C=O) groups is 1. The Hall–Kier alpha value is -2.72. The van der Waals surface area contributed by atoms with E-state index in [0.717, 1.165) is 25.6 Å². The van der Waals surface area contributed by atoms with Crippen molar-refractivity contribution in [2.24, 2.45) is 5.92 Å². The van der Waals surface area contributed by atoms with Gasteiger partial charge in [0.1, 0.15) is 11.3 Å². The van der Waals surface area contributed by atoms with Gasteiger partial charge in [-0.25, -0.2) is 4.39 Å². The van der Waals surface area contributed by atoms with E-state index >= 15 is 0 Å². The summed E-state index contributed by atoms with van der Waals surface area (Å²) < 4.78 is 15.6. The number of nitrogens with one attached hydrogen (secondary N) is 1. The molecule has 2 aromatic rings. The number of rotatable bonds is 6. The van der Waals surface area contributed by atoms with Crippen LogP contribution in [-0.4, -0.2) is 66.5 Å². The number of likely N-dealkylation sites (N-methyl/N-ethyl adjacent to an activating group) is 1. The lowest BCUT2D eigenvalue weighted by Crippen LogP contribution is -2.46. The number of carbonyl (C=O) groups excluding carboxylic acids is 1. The van der Waals surface area contributed by atoms with E-state index in [1.54, 1.807) is 0 Å². The summed E-state index contributed by atoms with van der Waals surface area (Å²) in [6, 6.07) is 1.84. The van der Waals surface area contributed by atoms with E-state index in [2.05, 4.69) is 10.2 Å². The summed E-state index contributed by atoms with van der Waals surface area (Å²) in [7, 11) is 1.98. The molecular weight excluding hydrogens is 405 g/mol. The molecule has 0 spiro atoms. The Morgan fingerprint density at radius 2 is 1.97 bits per heavy atom. The lowest BCUT2D eigenvalue weighted by Gasteiger charge is -2.34. The average molecular weight is 436 g/mol. The molecule has 2 heterocycles. The third-order valence-corrected chi connectivity index (χ3v) is 6.24. The first-order chi connectivity index (χ1) is 14.7. The zero-order chi connectivity index (χ0) is 22.9. The second kappa shape index (κ2) is 9.19. The molecule has 2 atom stereocenters. The van der Waals surface area contributed by atoms with Crippen LogP contribution in [0, 0.1) is 28.8 Å². The van der Waals surface area contributed by atoms with Crippen molar-refractivity contribution in [2.75, 3.05) is 44.7 Å². The summed E-state index contributed by atoms with van der Waals surface area (Å²) in [4.78, 5) is 30.0. The maximum absolute atomic E-state index is 14.8. The molecule has 1 aliphatic rings. The number of aromatic nitrogens is 2. The summed E-state index contributed by atoms with van der Waals surface area (Å²) >= 11 is 0. The summed E-state index contributed by atoms with van der Waals surface area (Å²) in [5, 5.41) is 25.0. The van der Waals surface area contributed by atoms with Crippen molar-refractivity contribution in [1.82, 2.24) is 14.9 Å². The van der Waals surface area contributed by atoms with E-state index in [1.807, 2.05) is 25.8 Å². The van der Waals surface area contributed by atoms with Crippen molar-refractivity contribution in [1.29, 1.82) is 0 Å².